The summed E-state index contributed by atoms with van der Waals surface area (Å²) in [5.74, 6) is 0.111. The third-order valence-corrected chi connectivity index (χ3v) is 6.28. The number of hydrogen-bond acceptors (Lipinski definition) is 4. The quantitative estimate of drug-likeness (QED) is 0.824. The Morgan fingerprint density at radius 3 is 2.71 bits per heavy atom. The van der Waals surface area contributed by atoms with Crippen LogP contribution in [0, 0.1) is 5.92 Å². The van der Waals surface area contributed by atoms with Crippen LogP contribution in [0.25, 0.3) is 0 Å². The fourth-order valence-corrected chi connectivity index (χ4v) is 4.87. The maximum atomic E-state index is 13.2. The number of amides is 3. The number of nitrogens with one attached hydrogen (secondary N) is 1. The summed E-state index contributed by atoms with van der Waals surface area (Å²) in [5, 5.41) is 13.0. The van der Waals surface area contributed by atoms with Gasteiger partial charge in [-0.05, 0) is 30.9 Å². The lowest BCUT2D eigenvalue weighted by molar-refractivity contribution is -0.157. The number of hydrogen-bond donors (Lipinski definition) is 2. The van der Waals surface area contributed by atoms with Gasteiger partial charge in [-0.2, -0.15) is 0 Å². The fourth-order valence-electron chi connectivity index (χ4n) is 4.87. The van der Waals surface area contributed by atoms with Gasteiger partial charge in [0.2, 0.25) is 5.91 Å². The number of carbonyl (C=O) groups is 2. The first-order valence-corrected chi connectivity index (χ1v) is 10.3. The fraction of sp³-hybridized carbons (Fsp3) is 0.619. The summed E-state index contributed by atoms with van der Waals surface area (Å²) in [5.41, 5.74) is 1.93. The largest absolute Gasteiger partial charge is 0.394 e. The number of benzene rings is 1. The zero-order chi connectivity index (χ0) is 19.7. The third-order valence-electron chi connectivity index (χ3n) is 6.28. The van der Waals surface area contributed by atoms with E-state index in [2.05, 4.69) is 5.32 Å². The lowest BCUT2D eigenvalue weighted by Crippen LogP contribution is -2.72. The second kappa shape index (κ2) is 8.09. The van der Waals surface area contributed by atoms with E-state index in [0.717, 1.165) is 30.5 Å². The Hall–Kier alpha value is -2.12. The SMILES string of the molecule is CCCNC(=O)N1C[C@H]2[C@@H](c3ccccc31)[C@@H](CO)N2C(=O)C1CCOCC1. The number of nitrogens with zero attached hydrogens (tertiary/aromatic N) is 2. The number of anilines is 1. The molecule has 1 aromatic carbocycles. The first kappa shape index (κ1) is 19.2. The molecule has 2 saturated heterocycles. The van der Waals surface area contributed by atoms with Crippen LogP contribution in [0.3, 0.4) is 0 Å². The number of likely N-dealkylation sites (tertiary alicyclic amines) is 1. The molecule has 1 aromatic rings. The second-order valence-corrected chi connectivity index (χ2v) is 7.88. The monoisotopic (exact) mass is 387 g/mol. The Balaban J connectivity index is 1.61. The van der Waals surface area contributed by atoms with Crippen molar-refractivity contribution in [1.82, 2.24) is 10.2 Å². The van der Waals surface area contributed by atoms with Crippen molar-refractivity contribution in [3.63, 3.8) is 0 Å². The average Bonchev–Trinajstić information content (AvgIpc) is 2.73. The van der Waals surface area contributed by atoms with E-state index in [0.29, 0.717) is 26.3 Å². The molecule has 3 aliphatic rings. The van der Waals surface area contributed by atoms with Crippen LogP contribution < -0.4 is 10.2 Å². The molecule has 4 rings (SSSR count). The van der Waals surface area contributed by atoms with Crippen molar-refractivity contribution in [3.8, 4) is 0 Å². The molecule has 3 heterocycles. The number of fused-ring (bicyclic) bond motifs is 3. The Bertz CT molecular complexity index is 734. The minimum atomic E-state index is -0.220. The summed E-state index contributed by atoms with van der Waals surface area (Å²) in [6.07, 6.45) is 2.32. The molecule has 3 amide bonds. The zero-order valence-electron chi connectivity index (χ0n) is 16.3. The van der Waals surface area contributed by atoms with Gasteiger partial charge in [0.05, 0.1) is 18.7 Å². The van der Waals surface area contributed by atoms with Gasteiger partial charge in [-0.3, -0.25) is 9.69 Å². The highest BCUT2D eigenvalue weighted by Gasteiger charge is 2.56. The minimum Gasteiger partial charge on any atom is -0.394 e. The van der Waals surface area contributed by atoms with Gasteiger partial charge in [0.15, 0.2) is 0 Å². The zero-order valence-corrected chi connectivity index (χ0v) is 16.3. The predicted molar refractivity (Wildman–Crippen MR) is 105 cm³/mol. The van der Waals surface area contributed by atoms with Crippen molar-refractivity contribution >= 4 is 17.6 Å². The van der Waals surface area contributed by atoms with Crippen molar-refractivity contribution in [2.24, 2.45) is 5.92 Å². The molecule has 7 nitrogen and oxygen atoms in total. The van der Waals surface area contributed by atoms with E-state index in [9.17, 15) is 14.7 Å². The van der Waals surface area contributed by atoms with Crippen molar-refractivity contribution in [1.29, 1.82) is 0 Å². The van der Waals surface area contributed by atoms with Gasteiger partial charge in [0.1, 0.15) is 0 Å². The van der Waals surface area contributed by atoms with Crippen LogP contribution in [0.15, 0.2) is 24.3 Å². The molecule has 0 saturated carbocycles. The summed E-state index contributed by atoms with van der Waals surface area (Å²) in [6, 6.07) is 7.42. The first-order chi connectivity index (χ1) is 13.7. The van der Waals surface area contributed by atoms with Crippen LogP contribution in [0.2, 0.25) is 0 Å². The lowest BCUT2D eigenvalue weighted by Gasteiger charge is -2.59. The normalized spacial score (nSPS) is 26.9. The molecule has 3 aliphatic heterocycles. The van der Waals surface area contributed by atoms with E-state index < -0.39 is 0 Å². The molecule has 2 fully saturated rings. The van der Waals surface area contributed by atoms with Crippen molar-refractivity contribution < 1.29 is 19.4 Å². The smallest absolute Gasteiger partial charge is 0.321 e. The highest BCUT2D eigenvalue weighted by molar-refractivity contribution is 5.94. The number of para-hydroxylation sites is 1. The average molecular weight is 387 g/mol. The molecule has 0 spiro atoms. The van der Waals surface area contributed by atoms with Crippen LogP contribution in [0.4, 0.5) is 10.5 Å². The Labute approximate surface area is 165 Å². The molecule has 28 heavy (non-hydrogen) atoms. The Morgan fingerprint density at radius 2 is 2.00 bits per heavy atom. The first-order valence-electron chi connectivity index (χ1n) is 10.3. The highest BCUT2D eigenvalue weighted by atomic mass is 16.5. The number of urea groups is 1. The van der Waals surface area contributed by atoms with E-state index in [4.69, 9.17) is 4.74 Å². The molecule has 3 atom stereocenters. The van der Waals surface area contributed by atoms with E-state index >= 15 is 0 Å². The van der Waals surface area contributed by atoms with Gasteiger partial charge in [-0.1, -0.05) is 25.1 Å². The van der Waals surface area contributed by atoms with Gasteiger partial charge in [-0.15, -0.1) is 0 Å². The van der Waals surface area contributed by atoms with Crippen LogP contribution in [-0.2, 0) is 9.53 Å². The molecule has 0 aliphatic carbocycles. The van der Waals surface area contributed by atoms with Crippen molar-refractivity contribution in [2.75, 3.05) is 37.8 Å². The molecule has 0 bridgehead atoms. The van der Waals surface area contributed by atoms with Gasteiger partial charge >= 0.3 is 6.03 Å². The lowest BCUT2D eigenvalue weighted by atomic mass is 9.71. The minimum absolute atomic E-state index is 0.0525. The number of aliphatic hydroxyl groups excluding tert-OH is 1. The maximum Gasteiger partial charge on any atom is 0.321 e. The summed E-state index contributed by atoms with van der Waals surface area (Å²) in [4.78, 5) is 29.6. The van der Waals surface area contributed by atoms with Crippen LogP contribution >= 0.6 is 0 Å². The Morgan fingerprint density at radius 1 is 1.25 bits per heavy atom. The highest BCUT2D eigenvalue weighted by Crippen LogP contribution is 2.48. The van der Waals surface area contributed by atoms with Gasteiger partial charge in [-0.25, -0.2) is 4.79 Å². The molecule has 7 heteroatoms. The summed E-state index contributed by atoms with van der Waals surface area (Å²) < 4.78 is 5.39. The molecular weight excluding hydrogens is 358 g/mol. The number of rotatable bonds is 4. The molecular formula is C21H29N3O4. The summed E-state index contributed by atoms with van der Waals surface area (Å²) in [6.45, 7) is 4.25. The standard InChI is InChI=1S/C21H29N3O4/c1-2-9-22-21(27)23-12-17-19(15-5-3-4-6-16(15)23)18(13-25)24(17)20(26)14-7-10-28-11-8-14/h3-6,14,17-19,25H,2,7-13H2,1H3,(H,22,27)/t17-,18+,19+/m0/s1. The maximum absolute atomic E-state index is 13.2. The van der Waals surface area contributed by atoms with Crippen LogP contribution in [-0.4, -0.2) is 66.9 Å². The van der Waals surface area contributed by atoms with E-state index in [1.54, 1.807) is 4.90 Å². The van der Waals surface area contributed by atoms with E-state index in [-0.39, 0.29) is 42.5 Å². The van der Waals surface area contributed by atoms with E-state index in [1.807, 2.05) is 36.1 Å². The molecule has 0 unspecified atom stereocenters. The molecule has 2 N–H and O–H groups in total. The molecule has 152 valence electrons. The number of carbonyl (C=O) groups excluding carboxylic acids is 2. The number of aliphatic hydroxyl groups is 1. The van der Waals surface area contributed by atoms with Crippen molar-refractivity contribution in [3.05, 3.63) is 29.8 Å². The predicted octanol–water partition coefficient (Wildman–Crippen LogP) is 1.71. The van der Waals surface area contributed by atoms with Crippen LogP contribution in [0.1, 0.15) is 37.7 Å². The third kappa shape index (κ3) is 3.16. The molecule has 0 aromatic heterocycles. The second-order valence-electron chi connectivity index (χ2n) is 7.88. The summed E-state index contributed by atoms with van der Waals surface area (Å²) >= 11 is 0. The van der Waals surface area contributed by atoms with Crippen molar-refractivity contribution in [2.45, 2.75) is 44.2 Å². The summed E-state index contributed by atoms with van der Waals surface area (Å²) in [7, 11) is 0. The number of ether oxygens (including phenoxy) is 1. The van der Waals surface area contributed by atoms with Crippen LogP contribution in [0.5, 0.6) is 0 Å². The van der Waals surface area contributed by atoms with E-state index in [1.165, 1.54) is 0 Å². The topological polar surface area (TPSA) is 82.1 Å². The van der Waals surface area contributed by atoms with Gasteiger partial charge < -0.3 is 20.1 Å². The van der Waals surface area contributed by atoms with Gasteiger partial charge in [0, 0.05) is 43.8 Å². The Kier molecular flexibility index (Phi) is 5.55. The van der Waals surface area contributed by atoms with Gasteiger partial charge in [0.25, 0.3) is 0 Å². The molecule has 0 radical (unpaired) electrons.